The number of rotatable bonds is 6. The molecule has 0 spiro atoms. The molecule has 162 valence electrons. The Bertz CT molecular complexity index is 1010. The molecule has 0 saturated carbocycles. The van der Waals surface area contributed by atoms with E-state index in [4.69, 9.17) is 14.0 Å². The number of hydrogen-bond acceptors (Lipinski definition) is 5. The van der Waals surface area contributed by atoms with Crippen LogP contribution in [0, 0.1) is 0 Å². The predicted molar refractivity (Wildman–Crippen MR) is 118 cm³/mol. The van der Waals surface area contributed by atoms with Gasteiger partial charge in [0, 0.05) is 30.8 Å². The second-order valence-corrected chi connectivity index (χ2v) is 8.48. The molecule has 1 aromatic heterocycles. The first-order valence-corrected chi connectivity index (χ1v) is 10.6. The summed E-state index contributed by atoms with van der Waals surface area (Å²) in [7, 11) is 1.63. The quantitative estimate of drug-likeness (QED) is 0.565. The third-order valence-corrected chi connectivity index (χ3v) is 5.68. The Hall–Kier alpha value is -3.12. The van der Waals surface area contributed by atoms with E-state index in [1.807, 2.05) is 59.5 Å². The molecule has 2 aromatic carbocycles. The van der Waals surface area contributed by atoms with Crippen LogP contribution >= 0.6 is 0 Å². The zero-order valence-corrected chi connectivity index (χ0v) is 18.2. The van der Waals surface area contributed by atoms with Crippen molar-refractivity contribution < 1.29 is 18.8 Å². The van der Waals surface area contributed by atoms with Crippen molar-refractivity contribution >= 4 is 5.91 Å². The number of ether oxygens (including phenoxy) is 2. The van der Waals surface area contributed by atoms with Crippen molar-refractivity contribution in [2.24, 2.45) is 0 Å². The molecule has 2 heterocycles. The summed E-state index contributed by atoms with van der Waals surface area (Å²) in [5.74, 6) is 0.851. The van der Waals surface area contributed by atoms with Crippen molar-refractivity contribution in [3.05, 3.63) is 72.0 Å². The van der Waals surface area contributed by atoms with E-state index in [1.165, 1.54) is 0 Å². The van der Waals surface area contributed by atoms with E-state index in [1.54, 1.807) is 13.2 Å². The Kier molecular flexibility index (Phi) is 6.09. The van der Waals surface area contributed by atoms with Crippen molar-refractivity contribution in [1.82, 2.24) is 10.1 Å². The van der Waals surface area contributed by atoms with E-state index >= 15 is 0 Å². The minimum absolute atomic E-state index is 0.0611. The highest BCUT2D eigenvalue weighted by atomic mass is 16.5. The normalized spacial score (nSPS) is 17.8. The summed E-state index contributed by atoms with van der Waals surface area (Å²) in [6.07, 6.45) is 1.56. The maximum Gasteiger partial charge on any atom is 0.293 e. The van der Waals surface area contributed by atoms with E-state index in [-0.39, 0.29) is 23.3 Å². The lowest BCUT2D eigenvalue weighted by atomic mass is 9.92. The molecule has 1 saturated heterocycles. The number of nitrogens with zero attached hydrogens (tertiary/aromatic N) is 2. The molecule has 31 heavy (non-hydrogen) atoms. The lowest BCUT2D eigenvalue weighted by molar-refractivity contribution is -0.0795. The van der Waals surface area contributed by atoms with Crippen LogP contribution in [0.4, 0.5) is 0 Å². The molecule has 6 nitrogen and oxygen atoms in total. The fraction of sp³-hybridized carbons (Fsp3) is 0.360. The van der Waals surface area contributed by atoms with Gasteiger partial charge in [0.25, 0.3) is 5.91 Å². The average Bonchev–Trinajstić information content (AvgIpc) is 3.27. The molecule has 0 bridgehead atoms. The monoisotopic (exact) mass is 420 g/mol. The number of carbonyl (C=O) groups excluding carboxylic acids is 1. The van der Waals surface area contributed by atoms with Crippen molar-refractivity contribution in [1.29, 1.82) is 0 Å². The van der Waals surface area contributed by atoms with Gasteiger partial charge in [0.05, 0.1) is 12.7 Å². The molecule has 0 unspecified atom stereocenters. The van der Waals surface area contributed by atoms with Gasteiger partial charge < -0.3 is 18.9 Å². The molecule has 4 rings (SSSR count). The van der Waals surface area contributed by atoms with Gasteiger partial charge in [-0.25, -0.2) is 0 Å². The fourth-order valence-corrected chi connectivity index (χ4v) is 4.03. The van der Waals surface area contributed by atoms with Gasteiger partial charge in [-0.1, -0.05) is 35.5 Å². The molecule has 3 aromatic rings. The molecule has 1 amide bonds. The van der Waals surface area contributed by atoms with Gasteiger partial charge in [0.15, 0.2) is 0 Å². The van der Waals surface area contributed by atoms with Gasteiger partial charge >= 0.3 is 0 Å². The summed E-state index contributed by atoms with van der Waals surface area (Å²) < 4.78 is 16.6. The van der Waals surface area contributed by atoms with Crippen LogP contribution < -0.4 is 4.74 Å². The van der Waals surface area contributed by atoms with Crippen molar-refractivity contribution in [3.63, 3.8) is 0 Å². The summed E-state index contributed by atoms with van der Waals surface area (Å²) in [5.41, 5.74) is 2.30. The standard InChI is InChI=1S/C25H28N2O4/c1-25(2)16-20(13-14-30-25)27(17-18-7-5-4-6-8-18)24(28)23-15-22(26-31-23)19-9-11-21(29-3)12-10-19/h4-12,15,20H,13-14,16-17H2,1-3H3/t20-/m1/s1. The molecule has 1 aliphatic rings. The van der Waals surface area contributed by atoms with Crippen LogP contribution in [-0.2, 0) is 11.3 Å². The highest BCUT2D eigenvalue weighted by Gasteiger charge is 2.35. The summed E-state index contributed by atoms with van der Waals surface area (Å²) in [4.78, 5) is 15.4. The number of methoxy groups -OCH3 is 1. The van der Waals surface area contributed by atoms with Crippen LogP contribution in [0.25, 0.3) is 11.3 Å². The summed E-state index contributed by atoms with van der Waals surface area (Å²) >= 11 is 0. The maximum atomic E-state index is 13.5. The van der Waals surface area contributed by atoms with Crippen molar-refractivity contribution in [3.8, 4) is 17.0 Å². The molecule has 6 heteroatoms. The Morgan fingerprint density at radius 2 is 1.90 bits per heavy atom. The minimum Gasteiger partial charge on any atom is -0.497 e. The third-order valence-electron chi connectivity index (χ3n) is 5.68. The van der Waals surface area contributed by atoms with Gasteiger partial charge in [0.1, 0.15) is 11.4 Å². The van der Waals surface area contributed by atoms with E-state index in [9.17, 15) is 4.79 Å². The topological polar surface area (TPSA) is 64.8 Å². The van der Waals surface area contributed by atoms with Gasteiger partial charge in [-0.05, 0) is 56.5 Å². The Labute approximate surface area is 182 Å². The predicted octanol–water partition coefficient (Wildman–Crippen LogP) is 4.95. The molecule has 0 radical (unpaired) electrons. The Morgan fingerprint density at radius 1 is 1.16 bits per heavy atom. The van der Waals surface area contributed by atoms with Crippen molar-refractivity contribution in [2.45, 2.75) is 44.9 Å². The van der Waals surface area contributed by atoms with E-state index in [0.717, 1.165) is 29.7 Å². The largest absolute Gasteiger partial charge is 0.497 e. The number of carbonyl (C=O) groups is 1. The highest BCUT2D eigenvalue weighted by molar-refractivity contribution is 5.92. The van der Waals surface area contributed by atoms with E-state index < -0.39 is 0 Å². The van der Waals surface area contributed by atoms with Gasteiger partial charge in [0.2, 0.25) is 5.76 Å². The Morgan fingerprint density at radius 3 is 2.58 bits per heavy atom. The lowest BCUT2D eigenvalue weighted by Gasteiger charge is -2.41. The first kappa shape index (κ1) is 21.1. The molecule has 0 aliphatic carbocycles. The van der Waals surface area contributed by atoms with Crippen LogP contribution in [0.3, 0.4) is 0 Å². The number of aromatic nitrogens is 1. The number of amides is 1. The summed E-state index contributed by atoms with van der Waals surface area (Å²) in [5, 5.41) is 4.14. The number of hydrogen-bond donors (Lipinski definition) is 0. The van der Waals surface area contributed by atoms with Crippen LogP contribution in [0.2, 0.25) is 0 Å². The smallest absolute Gasteiger partial charge is 0.293 e. The molecule has 1 fully saturated rings. The second-order valence-electron chi connectivity index (χ2n) is 8.48. The zero-order valence-electron chi connectivity index (χ0n) is 18.2. The molecular formula is C25H28N2O4. The highest BCUT2D eigenvalue weighted by Crippen LogP contribution is 2.30. The minimum atomic E-state index is -0.270. The van der Waals surface area contributed by atoms with Gasteiger partial charge in [-0.15, -0.1) is 0 Å². The molecule has 1 atom stereocenters. The van der Waals surface area contributed by atoms with Crippen LogP contribution in [0.15, 0.2) is 65.2 Å². The Balaban J connectivity index is 1.60. The SMILES string of the molecule is COc1ccc(-c2cc(C(=O)N(Cc3ccccc3)[C@@H]3CCOC(C)(C)C3)on2)cc1. The van der Waals surface area contributed by atoms with Gasteiger partial charge in [-0.2, -0.15) is 0 Å². The third kappa shape index (κ3) is 4.97. The van der Waals surface area contributed by atoms with Gasteiger partial charge in [-0.3, -0.25) is 4.79 Å². The van der Waals surface area contributed by atoms with Crippen LogP contribution in [-0.4, -0.2) is 41.3 Å². The summed E-state index contributed by atoms with van der Waals surface area (Å²) in [6.45, 7) is 5.28. The average molecular weight is 421 g/mol. The molecular weight excluding hydrogens is 392 g/mol. The molecule has 0 N–H and O–H groups in total. The maximum absolute atomic E-state index is 13.5. The van der Waals surface area contributed by atoms with Crippen molar-refractivity contribution in [2.75, 3.05) is 13.7 Å². The van der Waals surface area contributed by atoms with E-state index in [0.29, 0.717) is 18.8 Å². The zero-order chi connectivity index (χ0) is 21.8. The lowest BCUT2D eigenvalue weighted by Crippen LogP contribution is -2.48. The van der Waals surface area contributed by atoms with E-state index in [2.05, 4.69) is 19.0 Å². The first-order valence-electron chi connectivity index (χ1n) is 10.6. The van der Waals surface area contributed by atoms with Crippen LogP contribution in [0.5, 0.6) is 5.75 Å². The molecule has 1 aliphatic heterocycles. The second kappa shape index (κ2) is 8.94. The first-order chi connectivity index (χ1) is 14.9. The fourth-order valence-electron chi connectivity index (χ4n) is 4.03. The van der Waals surface area contributed by atoms with Crippen LogP contribution in [0.1, 0.15) is 42.8 Å². The summed E-state index contributed by atoms with van der Waals surface area (Å²) in [6, 6.07) is 19.3. The number of benzene rings is 2.